The summed E-state index contributed by atoms with van der Waals surface area (Å²) in [5.41, 5.74) is 1.17. The van der Waals surface area contributed by atoms with Crippen molar-refractivity contribution in [2.24, 2.45) is 0 Å². The van der Waals surface area contributed by atoms with Crippen molar-refractivity contribution in [3.8, 4) is 11.5 Å². The van der Waals surface area contributed by atoms with Crippen molar-refractivity contribution < 1.29 is 14.2 Å². The Labute approximate surface area is 128 Å². The number of nitrogens with zero attached hydrogens (tertiary/aromatic N) is 1. The van der Waals surface area contributed by atoms with Crippen LogP contribution >= 0.6 is 0 Å². The zero-order valence-electron chi connectivity index (χ0n) is 13.4. The Kier molecular flexibility index (Phi) is 6.33. The lowest BCUT2D eigenvalue weighted by Crippen LogP contribution is -2.35. The van der Waals surface area contributed by atoms with Gasteiger partial charge in [-0.15, -0.1) is 0 Å². The summed E-state index contributed by atoms with van der Waals surface area (Å²) in [6, 6.07) is 6.00. The summed E-state index contributed by atoms with van der Waals surface area (Å²) in [7, 11) is 3.79. The molecular weight excluding hydrogens is 266 g/mol. The molecule has 1 atom stereocenters. The molecule has 0 saturated carbocycles. The van der Waals surface area contributed by atoms with Crippen molar-refractivity contribution >= 4 is 0 Å². The fourth-order valence-electron chi connectivity index (χ4n) is 2.60. The molecule has 4 heteroatoms. The molecule has 0 N–H and O–H groups in total. The largest absolute Gasteiger partial charge is 0.493 e. The van der Waals surface area contributed by atoms with Crippen LogP contribution in [-0.2, 0) is 4.74 Å². The highest BCUT2D eigenvalue weighted by molar-refractivity contribution is 5.42. The number of ether oxygens (including phenoxy) is 3. The first-order chi connectivity index (χ1) is 10.2. The van der Waals surface area contributed by atoms with Crippen LogP contribution in [0.15, 0.2) is 18.2 Å². The van der Waals surface area contributed by atoms with Gasteiger partial charge in [0.2, 0.25) is 0 Å². The zero-order chi connectivity index (χ0) is 15.1. The molecule has 0 amide bonds. The van der Waals surface area contributed by atoms with E-state index in [-0.39, 0.29) is 0 Å². The summed E-state index contributed by atoms with van der Waals surface area (Å²) in [5, 5.41) is 0. The van der Waals surface area contributed by atoms with Gasteiger partial charge in [-0.25, -0.2) is 0 Å². The maximum atomic E-state index is 5.84. The summed E-state index contributed by atoms with van der Waals surface area (Å²) in [6.07, 6.45) is 4.06. The van der Waals surface area contributed by atoms with Crippen LogP contribution in [0.2, 0.25) is 0 Å². The molecule has 1 saturated heterocycles. The third-order valence-electron chi connectivity index (χ3n) is 3.84. The minimum absolute atomic E-state index is 0.387. The molecule has 0 unspecified atom stereocenters. The Morgan fingerprint density at radius 2 is 2.14 bits per heavy atom. The smallest absolute Gasteiger partial charge is 0.161 e. The topological polar surface area (TPSA) is 30.9 Å². The van der Waals surface area contributed by atoms with Crippen molar-refractivity contribution in [3.63, 3.8) is 0 Å². The van der Waals surface area contributed by atoms with Gasteiger partial charge in [0.15, 0.2) is 11.5 Å². The molecule has 0 bridgehead atoms. The fourth-order valence-corrected chi connectivity index (χ4v) is 2.60. The second kappa shape index (κ2) is 8.25. The van der Waals surface area contributed by atoms with E-state index in [9.17, 15) is 0 Å². The Hall–Kier alpha value is -1.26. The molecular formula is C17H27NO3. The number of aryl methyl sites for hydroxylation is 1. The summed E-state index contributed by atoms with van der Waals surface area (Å²) in [6.45, 7) is 5.48. The number of likely N-dealkylation sites (N-methyl/N-ethyl adjacent to an activating group) is 1. The molecule has 2 rings (SSSR count). The van der Waals surface area contributed by atoms with Crippen LogP contribution < -0.4 is 9.47 Å². The predicted octanol–water partition coefficient (Wildman–Crippen LogP) is 2.88. The molecule has 0 spiro atoms. The SMILES string of the molecule is COc1cc(C)ccc1OCCN(C)C[C@@H]1CCCCO1. The lowest BCUT2D eigenvalue weighted by Gasteiger charge is -2.27. The molecule has 1 aromatic rings. The average Bonchev–Trinajstić information content (AvgIpc) is 2.49. The maximum Gasteiger partial charge on any atom is 0.161 e. The van der Waals surface area contributed by atoms with Crippen LogP contribution in [0.1, 0.15) is 24.8 Å². The Balaban J connectivity index is 1.73. The second-order valence-corrected chi connectivity index (χ2v) is 5.75. The molecule has 1 heterocycles. The molecule has 118 valence electrons. The maximum absolute atomic E-state index is 5.84. The summed E-state index contributed by atoms with van der Waals surface area (Å²) in [5.74, 6) is 1.61. The summed E-state index contributed by atoms with van der Waals surface area (Å²) in [4.78, 5) is 2.27. The first-order valence-corrected chi connectivity index (χ1v) is 7.76. The van der Waals surface area contributed by atoms with Crippen LogP contribution in [0.5, 0.6) is 11.5 Å². The highest BCUT2D eigenvalue weighted by Crippen LogP contribution is 2.27. The van der Waals surface area contributed by atoms with E-state index in [2.05, 4.69) is 11.9 Å². The van der Waals surface area contributed by atoms with Crippen LogP contribution in [-0.4, -0.2) is 51.5 Å². The Morgan fingerprint density at radius 1 is 1.29 bits per heavy atom. The highest BCUT2D eigenvalue weighted by atomic mass is 16.5. The minimum atomic E-state index is 0.387. The second-order valence-electron chi connectivity index (χ2n) is 5.75. The average molecular weight is 293 g/mol. The van der Waals surface area contributed by atoms with Crippen molar-refractivity contribution in [3.05, 3.63) is 23.8 Å². The van der Waals surface area contributed by atoms with E-state index in [1.165, 1.54) is 24.8 Å². The third kappa shape index (κ3) is 5.21. The summed E-state index contributed by atoms with van der Waals surface area (Å²) >= 11 is 0. The Morgan fingerprint density at radius 3 is 2.86 bits per heavy atom. The van der Waals surface area contributed by atoms with E-state index in [0.29, 0.717) is 12.7 Å². The van der Waals surface area contributed by atoms with Crippen LogP contribution in [0.4, 0.5) is 0 Å². The normalized spacial score (nSPS) is 18.8. The molecule has 4 nitrogen and oxygen atoms in total. The first kappa shape index (κ1) is 16.1. The lowest BCUT2D eigenvalue weighted by atomic mass is 10.1. The van der Waals surface area contributed by atoms with Crippen LogP contribution in [0.3, 0.4) is 0 Å². The van der Waals surface area contributed by atoms with Gasteiger partial charge in [0.05, 0.1) is 13.2 Å². The van der Waals surface area contributed by atoms with Gasteiger partial charge in [0.1, 0.15) is 6.61 Å². The number of rotatable bonds is 7. The molecule has 1 fully saturated rings. The number of methoxy groups -OCH3 is 1. The summed E-state index contributed by atoms with van der Waals surface area (Å²) < 4.78 is 16.9. The first-order valence-electron chi connectivity index (χ1n) is 7.76. The van der Waals surface area contributed by atoms with Crippen molar-refractivity contribution in [1.29, 1.82) is 0 Å². The number of hydrogen-bond donors (Lipinski definition) is 0. The molecule has 1 aliphatic heterocycles. The lowest BCUT2D eigenvalue weighted by molar-refractivity contribution is -0.00286. The standard InChI is InChI=1S/C17H27NO3/c1-14-7-8-16(17(12-14)19-3)21-11-9-18(2)13-15-6-4-5-10-20-15/h7-8,12,15H,4-6,9-11,13H2,1-3H3/t15-/m0/s1. The van der Waals surface area contributed by atoms with Gasteiger partial charge in [-0.2, -0.15) is 0 Å². The minimum Gasteiger partial charge on any atom is -0.493 e. The van der Waals surface area contributed by atoms with E-state index >= 15 is 0 Å². The van der Waals surface area contributed by atoms with E-state index in [4.69, 9.17) is 14.2 Å². The third-order valence-corrected chi connectivity index (χ3v) is 3.84. The number of benzene rings is 1. The zero-order valence-corrected chi connectivity index (χ0v) is 13.4. The van der Waals surface area contributed by atoms with Gasteiger partial charge in [-0.1, -0.05) is 6.07 Å². The van der Waals surface area contributed by atoms with Gasteiger partial charge in [-0.3, -0.25) is 0 Å². The van der Waals surface area contributed by atoms with E-state index in [1.807, 2.05) is 25.1 Å². The molecule has 21 heavy (non-hydrogen) atoms. The molecule has 0 radical (unpaired) electrons. The van der Waals surface area contributed by atoms with Crippen molar-refractivity contribution in [1.82, 2.24) is 4.90 Å². The molecule has 0 aromatic heterocycles. The van der Waals surface area contributed by atoms with Gasteiger partial charge in [0.25, 0.3) is 0 Å². The van der Waals surface area contributed by atoms with Crippen molar-refractivity contribution in [2.45, 2.75) is 32.3 Å². The van der Waals surface area contributed by atoms with E-state index in [0.717, 1.165) is 31.2 Å². The van der Waals surface area contributed by atoms with Gasteiger partial charge in [0, 0.05) is 19.7 Å². The monoisotopic (exact) mass is 293 g/mol. The van der Waals surface area contributed by atoms with Gasteiger partial charge in [-0.05, 0) is 50.9 Å². The van der Waals surface area contributed by atoms with Crippen LogP contribution in [0, 0.1) is 6.92 Å². The number of hydrogen-bond acceptors (Lipinski definition) is 4. The molecule has 1 aliphatic rings. The highest BCUT2D eigenvalue weighted by Gasteiger charge is 2.15. The van der Waals surface area contributed by atoms with Crippen molar-refractivity contribution in [2.75, 3.05) is 40.5 Å². The predicted molar refractivity (Wildman–Crippen MR) is 84.3 cm³/mol. The quantitative estimate of drug-likeness (QED) is 0.773. The fraction of sp³-hybridized carbons (Fsp3) is 0.647. The molecule has 0 aliphatic carbocycles. The van der Waals surface area contributed by atoms with E-state index in [1.54, 1.807) is 7.11 Å². The van der Waals surface area contributed by atoms with Gasteiger partial charge < -0.3 is 19.1 Å². The van der Waals surface area contributed by atoms with E-state index < -0.39 is 0 Å². The van der Waals surface area contributed by atoms with Crippen LogP contribution in [0.25, 0.3) is 0 Å². The molecule has 1 aromatic carbocycles. The Bertz CT molecular complexity index is 430. The van der Waals surface area contributed by atoms with Gasteiger partial charge >= 0.3 is 0 Å².